The summed E-state index contributed by atoms with van der Waals surface area (Å²) in [7, 11) is 1.80. The van der Waals surface area contributed by atoms with Gasteiger partial charge in [0.15, 0.2) is 0 Å². The van der Waals surface area contributed by atoms with Gasteiger partial charge in [0.2, 0.25) is 0 Å². The molecule has 0 saturated carbocycles. The van der Waals surface area contributed by atoms with Crippen LogP contribution in [0.1, 0.15) is 24.8 Å². The molecule has 0 aliphatic carbocycles. The van der Waals surface area contributed by atoms with Gasteiger partial charge in [-0.15, -0.1) is 0 Å². The zero-order valence-electron chi connectivity index (χ0n) is 11.1. The van der Waals surface area contributed by atoms with Crippen molar-refractivity contribution in [1.29, 1.82) is 0 Å². The SMILES string of the molecule is CN(C(=O)N1CCCCC1)c1ccc(C(N)=S)cc1. The number of nitrogens with zero attached hydrogens (tertiary/aromatic N) is 2. The zero-order chi connectivity index (χ0) is 13.8. The Hall–Kier alpha value is -1.62. The second-order valence-electron chi connectivity index (χ2n) is 4.80. The molecule has 0 atom stereocenters. The number of benzene rings is 1. The van der Waals surface area contributed by atoms with Crippen LogP contribution in [-0.2, 0) is 0 Å². The van der Waals surface area contributed by atoms with E-state index in [1.807, 2.05) is 29.2 Å². The molecule has 0 bridgehead atoms. The smallest absolute Gasteiger partial charge is 0.324 e. The van der Waals surface area contributed by atoms with Crippen LogP contribution in [0.5, 0.6) is 0 Å². The van der Waals surface area contributed by atoms with E-state index in [1.165, 1.54) is 6.42 Å². The summed E-state index contributed by atoms with van der Waals surface area (Å²) in [6, 6.07) is 7.49. The van der Waals surface area contributed by atoms with Crippen LogP contribution < -0.4 is 10.6 Å². The number of amides is 2. The second-order valence-corrected chi connectivity index (χ2v) is 5.24. The van der Waals surface area contributed by atoms with Crippen molar-refractivity contribution in [1.82, 2.24) is 4.90 Å². The third-order valence-corrected chi connectivity index (χ3v) is 3.69. The van der Waals surface area contributed by atoms with Gasteiger partial charge in [0.25, 0.3) is 0 Å². The van der Waals surface area contributed by atoms with E-state index < -0.39 is 0 Å². The maximum absolute atomic E-state index is 12.3. The van der Waals surface area contributed by atoms with E-state index in [1.54, 1.807) is 11.9 Å². The van der Waals surface area contributed by atoms with Gasteiger partial charge in [-0.05, 0) is 43.5 Å². The minimum atomic E-state index is 0.0581. The Morgan fingerprint density at radius 2 is 1.79 bits per heavy atom. The van der Waals surface area contributed by atoms with E-state index in [0.717, 1.165) is 37.2 Å². The van der Waals surface area contributed by atoms with Crippen molar-refractivity contribution in [3.8, 4) is 0 Å². The summed E-state index contributed by atoms with van der Waals surface area (Å²) in [6.07, 6.45) is 3.41. The number of anilines is 1. The van der Waals surface area contributed by atoms with Crippen LogP contribution >= 0.6 is 12.2 Å². The van der Waals surface area contributed by atoms with Gasteiger partial charge in [-0.1, -0.05) is 12.2 Å². The molecule has 0 aromatic heterocycles. The number of urea groups is 1. The predicted molar refractivity (Wildman–Crippen MR) is 81.6 cm³/mol. The number of piperidine rings is 1. The van der Waals surface area contributed by atoms with E-state index >= 15 is 0 Å². The van der Waals surface area contributed by atoms with Crippen molar-refractivity contribution in [3.63, 3.8) is 0 Å². The molecular weight excluding hydrogens is 258 g/mol. The highest BCUT2D eigenvalue weighted by atomic mass is 32.1. The maximum atomic E-state index is 12.3. The van der Waals surface area contributed by atoms with E-state index in [0.29, 0.717) is 4.99 Å². The summed E-state index contributed by atoms with van der Waals surface area (Å²) in [5.41, 5.74) is 7.23. The second kappa shape index (κ2) is 6.02. The Morgan fingerprint density at radius 1 is 1.21 bits per heavy atom. The first-order chi connectivity index (χ1) is 9.09. The first-order valence-electron chi connectivity index (χ1n) is 6.52. The zero-order valence-corrected chi connectivity index (χ0v) is 11.9. The Labute approximate surface area is 119 Å². The van der Waals surface area contributed by atoms with Gasteiger partial charge in [-0.25, -0.2) is 4.79 Å². The standard InChI is InChI=1S/C14H19N3OS/c1-16(14(18)17-9-3-2-4-10-17)12-7-5-11(6-8-12)13(15)19/h5-8H,2-4,9-10H2,1H3,(H2,15,19). The minimum Gasteiger partial charge on any atom is -0.389 e. The van der Waals surface area contributed by atoms with Crippen LogP contribution in [0.2, 0.25) is 0 Å². The number of carbonyl (C=O) groups is 1. The number of rotatable bonds is 2. The Bertz CT molecular complexity index is 466. The van der Waals surface area contributed by atoms with E-state index in [2.05, 4.69) is 0 Å². The predicted octanol–water partition coefficient (Wildman–Crippen LogP) is 2.36. The molecule has 1 aromatic rings. The summed E-state index contributed by atoms with van der Waals surface area (Å²) in [5, 5.41) is 0. The molecule has 2 N–H and O–H groups in total. The monoisotopic (exact) mass is 277 g/mol. The third kappa shape index (κ3) is 3.23. The fourth-order valence-corrected chi connectivity index (χ4v) is 2.39. The number of likely N-dealkylation sites (tertiary alicyclic amines) is 1. The van der Waals surface area contributed by atoms with Crippen molar-refractivity contribution in [2.24, 2.45) is 5.73 Å². The lowest BCUT2D eigenvalue weighted by Crippen LogP contribution is -2.43. The van der Waals surface area contributed by atoms with Crippen LogP contribution in [-0.4, -0.2) is 36.1 Å². The highest BCUT2D eigenvalue weighted by molar-refractivity contribution is 7.80. The molecule has 1 heterocycles. The first-order valence-corrected chi connectivity index (χ1v) is 6.93. The normalized spacial score (nSPS) is 15.1. The molecule has 0 radical (unpaired) electrons. The lowest BCUT2D eigenvalue weighted by Gasteiger charge is -2.31. The van der Waals surface area contributed by atoms with E-state index in [9.17, 15) is 4.79 Å². The maximum Gasteiger partial charge on any atom is 0.324 e. The van der Waals surface area contributed by atoms with Crippen molar-refractivity contribution in [3.05, 3.63) is 29.8 Å². The number of carbonyl (C=O) groups excluding carboxylic acids is 1. The Kier molecular flexibility index (Phi) is 4.37. The van der Waals surface area contributed by atoms with Crippen LogP contribution in [0, 0.1) is 0 Å². The molecule has 19 heavy (non-hydrogen) atoms. The first kappa shape index (κ1) is 13.8. The summed E-state index contributed by atoms with van der Waals surface area (Å²) < 4.78 is 0. The summed E-state index contributed by atoms with van der Waals surface area (Å²) in [4.78, 5) is 16.3. The van der Waals surface area contributed by atoms with Crippen molar-refractivity contribution in [2.45, 2.75) is 19.3 Å². The molecule has 1 saturated heterocycles. The fraction of sp³-hybridized carbons (Fsp3) is 0.429. The molecule has 1 fully saturated rings. The van der Waals surface area contributed by atoms with Crippen LogP contribution in [0.15, 0.2) is 24.3 Å². The molecule has 2 rings (SSSR count). The summed E-state index contributed by atoms with van der Waals surface area (Å²) in [6.45, 7) is 1.71. The molecule has 0 unspecified atom stereocenters. The molecule has 4 nitrogen and oxygen atoms in total. The quantitative estimate of drug-likeness (QED) is 0.844. The number of nitrogens with two attached hydrogens (primary N) is 1. The molecule has 2 amide bonds. The van der Waals surface area contributed by atoms with Crippen molar-refractivity contribution < 1.29 is 4.79 Å². The largest absolute Gasteiger partial charge is 0.389 e. The number of hydrogen-bond donors (Lipinski definition) is 1. The molecule has 1 aliphatic rings. The average molecular weight is 277 g/mol. The highest BCUT2D eigenvalue weighted by Gasteiger charge is 2.20. The van der Waals surface area contributed by atoms with Gasteiger partial charge in [-0.2, -0.15) is 0 Å². The fourth-order valence-electron chi connectivity index (χ4n) is 2.26. The Balaban J connectivity index is 2.07. The van der Waals surface area contributed by atoms with Gasteiger partial charge < -0.3 is 10.6 Å². The lowest BCUT2D eigenvalue weighted by molar-refractivity contribution is 0.194. The molecular formula is C14H19N3OS. The van der Waals surface area contributed by atoms with E-state index in [4.69, 9.17) is 18.0 Å². The molecule has 1 aliphatic heterocycles. The Morgan fingerprint density at radius 3 is 2.32 bits per heavy atom. The lowest BCUT2D eigenvalue weighted by atomic mass is 10.1. The van der Waals surface area contributed by atoms with Crippen LogP contribution in [0.25, 0.3) is 0 Å². The number of thiocarbonyl (C=S) groups is 1. The molecule has 102 valence electrons. The third-order valence-electron chi connectivity index (χ3n) is 3.45. The van der Waals surface area contributed by atoms with Crippen LogP contribution in [0.3, 0.4) is 0 Å². The number of hydrogen-bond acceptors (Lipinski definition) is 2. The minimum absolute atomic E-state index is 0.0581. The molecule has 0 spiro atoms. The van der Waals surface area contributed by atoms with E-state index in [-0.39, 0.29) is 6.03 Å². The van der Waals surface area contributed by atoms with Gasteiger partial charge >= 0.3 is 6.03 Å². The molecule has 5 heteroatoms. The van der Waals surface area contributed by atoms with Gasteiger partial charge in [0, 0.05) is 31.4 Å². The highest BCUT2D eigenvalue weighted by Crippen LogP contribution is 2.17. The molecule has 1 aromatic carbocycles. The average Bonchev–Trinajstić information content (AvgIpc) is 2.46. The van der Waals surface area contributed by atoms with Gasteiger partial charge in [-0.3, -0.25) is 4.90 Å². The van der Waals surface area contributed by atoms with Gasteiger partial charge in [0.05, 0.1) is 0 Å². The van der Waals surface area contributed by atoms with Crippen LogP contribution in [0.4, 0.5) is 10.5 Å². The summed E-state index contributed by atoms with van der Waals surface area (Å²) in [5.74, 6) is 0. The van der Waals surface area contributed by atoms with Crippen molar-refractivity contribution in [2.75, 3.05) is 25.0 Å². The topological polar surface area (TPSA) is 49.6 Å². The van der Waals surface area contributed by atoms with Crippen molar-refractivity contribution >= 4 is 28.9 Å². The van der Waals surface area contributed by atoms with Gasteiger partial charge in [0.1, 0.15) is 4.99 Å². The summed E-state index contributed by atoms with van der Waals surface area (Å²) >= 11 is 4.91.